The molecule has 0 amide bonds. The Kier molecular flexibility index (Phi) is 3.60. The fraction of sp³-hybridized carbons (Fsp3) is 0.357. The largest absolute Gasteiger partial charge is 0.384 e. The van der Waals surface area contributed by atoms with E-state index in [1.165, 1.54) is 5.56 Å². The van der Waals surface area contributed by atoms with Gasteiger partial charge >= 0.3 is 0 Å². The van der Waals surface area contributed by atoms with Gasteiger partial charge in [-0.2, -0.15) is 0 Å². The van der Waals surface area contributed by atoms with E-state index in [9.17, 15) is 5.11 Å². The molecular weight excluding hydrogens is 230 g/mol. The summed E-state index contributed by atoms with van der Waals surface area (Å²) in [4.78, 5) is 4.47. The molecule has 0 atom stereocenters. The summed E-state index contributed by atoms with van der Waals surface area (Å²) < 4.78 is 0. The maximum atomic E-state index is 9.83. The summed E-state index contributed by atoms with van der Waals surface area (Å²) in [7, 11) is 0. The van der Waals surface area contributed by atoms with Crippen molar-refractivity contribution in [3.05, 3.63) is 52.0 Å². The molecule has 0 aliphatic rings. The van der Waals surface area contributed by atoms with Crippen molar-refractivity contribution in [2.45, 2.75) is 32.3 Å². The van der Waals surface area contributed by atoms with Crippen molar-refractivity contribution in [3.63, 3.8) is 0 Å². The van der Waals surface area contributed by atoms with Gasteiger partial charge in [-0.1, -0.05) is 30.3 Å². The van der Waals surface area contributed by atoms with Crippen LogP contribution in [0.1, 0.15) is 30.1 Å². The van der Waals surface area contributed by atoms with Crippen molar-refractivity contribution in [3.8, 4) is 0 Å². The second kappa shape index (κ2) is 4.98. The zero-order valence-electron chi connectivity index (χ0n) is 10.2. The molecular formula is C14H17NOS. The molecule has 0 saturated carbocycles. The first-order chi connectivity index (χ1) is 8.05. The van der Waals surface area contributed by atoms with Crippen LogP contribution in [-0.2, 0) is 18.4 Å². The first kappa shape index (κ1) is 12.3. The summed E-state index contributed by atoms with van der Waals surface area (Å²) in [6.45, 7) is 3.53. The Morgan fingerprint density at radius 1 is 1.18 bits per heavy atom. The van der Waals surface area contributed by atoms with Crippen LogP contribution in [0.5, 0.6) is 0 Å². The number of hydrogen-bond donors (Lipinski definition) is 1. The third-order valence-electron chi connectivity index (χ3n) is 2.65. The number of thiazole rings is 1. The first-order valence-corrected chi connectivity index (χ1v) is 6.65. The Labute approximate surface area is 106 Å². The lowest BCUT2D eigenvalue weighted by Crippen LogP contribution is -2.15. The molecule has 0 fully saturated rings. The number of rotatable bonds is 4. The van der Waals surface area contributed by atoms with Crippen LogP contribution in [0.25, 0.3) is 0 Å². The molecule has 1 N–H and O–H groups in total. The maximum absolute atomic E-state index is 9.83. The van der Waals surface area contributed by atoms with E-state index >= 15 is 0 Å². The smallest absolute Gasteiger partial charge is 0.102 e. The van der Waals surface area contributed by atoms with E-state index in [0.29, 0.717) is 0 Å². The van der Waals surface area contributed by atoms with Crippen LogP contribution in [0.4, 0.5) is 0 Å². The van der Waals surface area contributed by atoms with Crippen LogP contribution in [-0.4, -0.2) is 10.1 Å². The van der Waals surface area contributed by atoms with Crippen LogP contribution >= 0.6 is 11.3 Å². The van der Waals surface area contributed by atoms with Crippen molar-refractivity contribution in [2.75, 3.05) is 0 Å². The highest BCUT2D eigenvalue weighted by molar-refractivity contribution is 7.09. The van der Waals surface area contributed by atoms with Crippen molar-refractivity contribution in [1.29, 1.82) is 0 Å². The van der Waals surface area contributed by atoms with E-state index in [1.54, 1.807) is 25.2 Å². The minimum absolute atomic E-state index is 0.769. The summed E-state index contributed by atoms with van der Waals surface area (Å²) in [6.07, 6.45) is 1.93. The van der Waals surface area contributed by atoms with Gasteiger partial charge in [-0.05, 0) is 25.8 Å². The van der Waals surface area contributed by atoms with Crippen molar-refractivity contribution in [2.24, 2.45) is 0 Å². The van der Waals surface area contributed by atoms with Gasteiger partial charge < -0.3 is 5.11 Å². The van der Waals surface area contributed by atoms with Crippen molar-refractivity contribution < 1.29 is 5.11 Å². The highest BCUT2D eigenvalue weighted by Gasteiger charge is 2.19. The van der Waals surface area contributed by atoms with Gasteiger partial charge in [0.25, 0.3) is 0 Å². The van der Waals surface area contributed by atoms with Crippen molar-refractivity contribution >= 4 is 11.3 Å². The normalized spacial score (nSPS) is 11.7. The minimum Gasteiger partial charge on any atom is -0.384 e. The van der Waals surface area contributed by atoms with Gasteiger partial charge in [0.05, 0.1) is 10.7 Å². The fourth-order valence-electron chi connectivity index (χ4n) is 1.60. The third kappa shape index (κ3) is 3.38. The molecule has 0 radical (unpaired) electrons. The number of benzene rings is 1. The van der Waals surface area contributed by atoms with E-state index in [1.807, 2.05) is 11.4 Å². The lowest BCUT2D eigenvalue weighted by molar-refractivity contribution is 0.0744. The van der Waals surface area contributed by atoms with Crippen LogP contribution in [0, 0.1) is 0 Å². The van der Waals surface area contributed by atoms with Gasteiger partial charge in [-0.15, -0.1) is 11.3 Å². The van der Waals surface area contributed by atoms with Gasteiger partial charge in [-0.25, -0.2) is 4.98 Å². The molecule has 2 nitrogen and oxygen atoms in total. The van der Waals surface area contributed by atoms with E-state index in [-0.39, 0.29) is 0 Å². The minimum atomic E-state index is -0.832. The van der Waals surface area contributed by atoms with Gasteiger partial charge in [0.1, 0.15) is 5.60 Å². The van der Waals surface area contributed by atoms with Crippen LogP contribution in [0.15, 0.2) is 35.7 Å². The van der Waals surface area contributed by atoms with Crippen LogP contribution in [0.3, 0.4) is 0 Å². The Bertz CT molecular complexity index is 470. The molecule has 17 heavy (non-hydrogen) atoms. The number of aromatic nitrogens is 1. The molecule has 0 aliphatic carbocycles. The van der Waals surface area contributed by atoms with E-state index in [2.05, 4.69) is 29.2 Å². The predicted molar refractivity (Wildman–Crippen MR) is 71.2 cm³/mol. The molecule has 3 heteroatoms. The average molecular weight is 247 g/mol. The second-order valence-corrected chi connectivity index (χ2v) is 5.61. The third-order valence-corrected chi connectivity index (χ3v) is 3.56. The highest BCUT2D eigenvalue weighted by atomic mass is 32.1. The summed E-state index contributed by atoms with van der Waals surface area (Å²) in [5.41, 5.74) is 1.26. The quantitative estimate of drug-likeness (QED) is 0.900. The fourth-order valence-corrected chi connectivity index (χ4v) is 2.56. The SMILES string of the molecule is CC(C)(O)c1csc(CCc2ccccc2)n1. The first-order valence-electron chi connectivity index (χ1n) is 5.77. The van der Waals surface area contributed by atoms with Crippen LogP contribution < -0.4 is 0 Å². The maximum Gasteiger partial charge on any atom is 0.102 e. The van der Waals surface area contributed by atoms with E-state index < -0.39 is 5.60 Å². The Balaban J connectivity index is 1.99. The summed E-state index contributed by atoms with van der Waals surface area (Å²) in [5, 5.41) is 12.9. The molecule has 1 heterocycles. The Morgan fingerprint density at radius 3 is 2.47 bits per heavy atom. The summed E-state index contributed by atoms with van der Waals surface area (Å²) >= 11 is 1.62. The standard InChI is InChI=1S/C14H17NOS/c1-14(2,16)12-10-17-13(15-12)9-8-11-6-4-3-5-7-11/h3-7,10,16H,8-9H2,1-2H3. The van der Waals surface area contributed by atoms with Gasteiger partial charge in [0, 0.05) is 11.8 Å². The lowest BCUT2D eigenvalue weighted by atomic mass is 10.1. The molecule has 0 saturated heterocycles. The zero-order valence-corrected chi connectivity index (χ0v) is 11.0. The number of aliphatic hydroxyl groups is 1. The Morgan fingerprint density at radius 2 is 1.88 bits per heavy atom. The summed E-state index contributed by atoms with van der Waals surface area (Å²) in [6, 6.07) is 10.4. The number of hydrogen-bond acceptors (Lipinski definition) is 3. The molecule has 2 aromatic rings. The average Bonchev–Trinajstić information content (AvgIpc) is 2.76. The van der Waals surface area contributed by atoms with E-state index in [0.717, 1.165) is 23.5 Å². The molecule has 2 rings (SSSR count). The van der Waals surface area contributed by atoms with Gasteiger partial charge in [0.2, 0.25) is 0 Å². The molecule has 90 valence electrons. The number of nitrogens with zero attached hydrogens (tertiary/aromatic N) is 1. The molecule has 1 aromatic heterocycles. The molecule has 1 aromatic carbocycles. The van der Waals surface area contributed by atoms with Crippen LogP contribution in [0.2, 0.25) is 0 Å². The number of aryl methyl sites for hydroxylation is 2. The highest BCUT2D eigenvalue weighted by Crippen LogP contribution is 2.22. The van der Waals surface area contributed by atoms with Gasteiger partial charge in [-0.3, -0.25) is 0 Å². The van der Waals surface area contributed by atoms with E-state index in [4.69, 9.17) is 0 Å². The predicted octanol–water partition coefficient (Wildman–Crippen LogP) is 3.16. The Hall–Kier alpha value is -1.19. The monoisotopic (exact) mass is 247 g/mol. The zero-order chi connectivity index (χ0) is 12.3. The second-order valence-electron chi connectivity index (χ2n) is 4.67. The molecule has 0 aliphatic heterocycles. The molecule has 0 bridgehead atoms. The summed E-state index contributed by atoms with van der Waals surface area (Å²) in [5.74, 6) is 0. The van der Waals surface area contributed by atoms with Gasteiger partial charge in [0.15, 0.2) is 0 Å². The molecule has 0 unspecified atom stereocenters. The molecule has 0 spiro atoms. The van der Waals surface area contributed by atoms with Crippen molar-refractivity contribution in [1.82, 2.24) is 4.98 Å². The topological polar surface area (TPSA) is 33.1 Å². The lowest BCUT2D eigenvalue weighted by Gasteiger charge is -2.12.